The predicted octanol–water partition coefficient (Wildman–Crippen LogP) is 5.29. The molecule has 3 aromatic rings. The zero-order chi connectivity index (χ0) is 21.0. The first-order valence-corrected chi connectivity index (χ1v) is 9.81. The Balaban J connectivity index is 2.20. The van der Waals surface area contributed by atoms with E-state index in [1.165, 1.54) is 0 Å². The molecule has 0 bridgehead atoms. The van der Waals surface area contributed by atoms with E-state index in [-0.39, 0.29) is 18.2 Å². The average Bonchev–Trinajstić information content (AvgIpc) is 2.74. The van der Waals surface area contributed by atoms with Gasteiger partial charge < -0.3 is 10.1 Å². The SMILES string of the molecule is CNC(=O)c1c(C[C@@H](CC=O)c2ccc(Cl)c(Cl)c2)c(C#N)cc2ccccc12. The largest absolute Gasteiger partial charge is 0.355 e. The second-order valence-electron chi connectivity index (χ2n) is 6.67. The van der Waals surface area contributed by atoms with Crippen LogP contribution in [-0.2, 0) is 11.2 Å². The lowest BCUT2D eigenvalue weighted by molar-refractivity contribution is -0.108. The Bertz CT molecular complexity index is 1140. The Kier molecular flexibility index (Phi) is 6.53. The predicted molar refractivity (Wildman–Crippen MR) is 116 cm³/mol. The van der Waals surface area contributed by atoms with Gasteiger partial charge in [0, 0.05) is 13.5 Å². The van der Waals surface area contributed by atoms with Crippen LogP contribution in [0.25, 0.3) is 10.8 Å². The monoisotopic (exact) mass is 424 g/mol. The van der Waals surface area contributed by atoms with Crippen molar-refractivity contribution in [2.45, 2.75) is 18.8 Å². The van der Waals surface area contributed by atoms with Gasteiger partial charge in [-0.3, -0.25) is 4.79 Å². The van der Waals surface area contributed by atoms with Crippen molar-refractivity contribution in [1.29, 1.82) is 5.26 Å². The second-order valence-corrected chi connectivity index (χ2v) is 7.48. The maximum absolute atomic E-state index is 12.8. The van der Waals surface area contributed by atoms with E-state index in [9.17, 15) is 14.9 Å². The van der Waals surface area contributed by atoms with Crippen LogP contribution in [0.4, 0.5) is 0 Å². The summed E-state index contributed by atoms with van der Waals surface area (Å²) in [5, 5.41) is 14.8. The molecule has 0 saturated heterocycles. The lowest BCUT2D eigenvalue weighted by Crippen LogP contribution is -2.21. The van der Waals surface area contributed by atoms with Gasteiger partial charge in [-0.25, -0.2) is 0 Å². The van der Waals surface area contributed by atoms with Crippen molar-refractivity contribution < 1.29 is 9.59 Å². The highest BCUT2D eigenvalue weighted by Crippen LogP contribution is 2.34. The summed E-state index contributed by atoms with van der Waals surface area (Å²) < 4.78 is 0. The van der Waals surface area contributed by atoms with E-state index in [2.05, 4.69) is 11.4 Å². The van der Waals surface area contributed by atoms with E-state index < -0.39 is 0 Å². The van der Waals surface area contributed by atoms with Crippen LogP contribution in [0.15, 0.2) is 48.5 Å². The van der Waals surface area contributed by atoms with Crippen LogP contribution in [0.3, 0.4) is 0 Å². The van der Waals surface area contributed by atoms with Crippen LogP contribution >= 0.6 is 23.2 Å². The summed E-state index contributed by atoms with van der Waals surface area (Å²) in [6, 6.07) is 16.7. The molecule has 146 valence electrons. The maximum atomic E-state index is 12.8. The number of nitriles is 1. The molecule has 29 heavy (non-hydrogen) atoms. The molecule has 0 aliphatic rings. The van der Waals surface area contributed by atoms with Crippen molar-refractivity contribution in [2.75, 3.05) is 7.05 Å². The number of nitrogens with one attached hydrogen (secondary N) is 1. The molecule has 6 heteroatoms. The van der Waals surface area contributed by atoms with Crippen molar-refractivity contribution >= 4 is 46.2 Å². The van der Waals surface area contributed by atoms with Gasteiger partial charge >= 0.3 is 0 Å². The Morgan fingerprint density at radius 1 is 1.17 bits per heavy atom. The zero-order valence-electron chi connectivity index (χ0n) is 15.7. The average molecular weight is 425 g/mol. The fourth-order valence-electron chi connectivity index (χ4n) is 3.55. The van der Waals surface area contributed by atoms with Crippen molar-refractivity contribution in [3.8, 4) is 6.07 Å². The lowest BCUT2D eigenvalue weighted by atomic mass is 9.84. The van der Waals surface area contributed by atoms with Crippen LogP contribution in [0.2, 0.25) is 10.0 Å². The molecule has 0 aliphatic heterocycles. The van der Waals surface area contributed by atoms with E-state index in [1.54, 1.807) is 25.2 Å². The Hall–Kier alpha value is -2.87. The molecular weight excluding hydrogens is 407 g/mol. The molecule has 0 radical (unpaired) electrons. The highest BCUT2D eigenvalue weighted by molar-refractivity contribution is 6.42. The number of carbonyl (C=O) groups excluding carboxylic acids is 2. The molecule has 0 fully saturated rings. The minimum atomic E-state index is -0.271. The molecule has 4 nitrogen and oxygen atoms in total. The minimum absolute atomic E-state index is 0.225. The molecule has 0 spiro atoms. The quantitative estimate of drug-likeness (QED) is 0.546. The zero-order valence-corrected chi connectivity index (χ0v) is 17.2. The molecule has 3 rings (SSSR count). The third-order valence-corrected chi connectivity index (χ3v) is 5.72. The standard InChI is InChI=1S/C23H18Cl2N2O2/c1-27-23(29)22-18-5-3-2-4-16(18)10-17(13-26)19(22)11-15(8-9-28)14-6-7-20(24)21(25)12-14/h2-7,9-10,12,15H,8,11H2,1H3,(H,27,29)/t15-/m1/s1. The summed E-state index contributed by atoms with van der Waals surface area (Å²) >= 11 is 12.2. The fraction of sp³-hybridized carbons (Fsp3) is 0.174. The van der Waals surface area contributed by atoms with Gasteiger partial charge in [0.25, 0.3) is 5.91 Å². The number of carbonyl (C=O) groups is 2. The van der Waals surface area contributed by atoms with E-state index >= 15 is 0 Å². The Labute approximate surface area is 179 Å². The van der Waals surface area contributed by atoms with Gasteiger partial charge in [0.1, 0.15) is 6.29 Å². The summed E-state index contributed by atoms with van der Waals surface area (Å²) in [4.78, 5) is 24.1. The molecule has 1 N–H and O–H groups in total. The summed E-state index contributed by atoms with van der Waals surface area (Å²) in [6.45, 7) is 0. The van der Waals surface area contributed by atoms with Crippen molar-refractivity contribution in [3.63, 3.8) is 0 Å². The van der Waals surface area contributed by atoms with Crippen molar-refractivity contribution in [2.24, 2.45) is 0 Å². The highest BCUT2D eigenvalue weighted by Gasteiger charge is 2.23. The number of aldehydes is 1. The van der Waals surface area contributed by atoms with Gasteiger partial charge in [-0.15, -0.1) is 0 Å². The summed E-state index contributed by atoms with van der Waals surface area (Å²) in [5.41, 5.74) is 2.31. The number of rotatable bonds is 6. The molecule has 0 saturated carbocycles. The number of benzene rings is 3. The first kappa shape index (κ1) is 20.9. The van der Waals surface area contributed by atoms with E-state index in [0.717, 1.165) is 22.6 Å². The molecule has 3 aromatic carbocycles. The molecule has 0 heterocycles. The van der Waals surface area contributed by atoms with Gasteiger partial charge in [-0.05, 0) is 52.4 Å². The smallest absolute Gasteiger partial charge is 0.251 e. The van der Waals surface area contributed by atoms with E-state index in [1.807, 2.05) is 30.3 Å². The second kappa shape index (κ2) is 9.09. The topological polar surface area (TPSA) is 70.0 Å². The Morgan fingerprint density at radius 2 is 1.93 bits per heavy atom. The lowest BCUT2D eigenvalue weighted by Gasteiger charge is -2.20. The minimum Gasteiger partial charge on any atom is -0.355 e. The molecule has 0 aromatic heterocycles. The molecule has 0 aliphatic carbocycles. The number of fused-ring (bicyclic) bond motifs is 1. The summed E-state index contributed by atoms with van der Waals surface area (Å²) in [6.07, 6.45) is 1.40. The maximum Gasteiger partial charge on any atom is 0.251 e. The van der Waals surface area contributed by atoms with Crippen molar-refractivity contribution in [3.05, 3.63) is 80.8 Å². The summed E-state index contributed by atoms with van der Waals surface area (Å²) in [5.74, 6) is -0.522. The van der Waals surface area contributed by atoms with Crippen LogP contribution in [0.1, 0.15) is 39.4 Å². The van der Waals surface area contributed by atoms with Gasteiger partial charge in [-0.2, -0.15) is 5.26 Å². The number of amides is 1. The molecule has 1 atom stereocenters. The molecular formula is C23H18Cl2N2O2. The van der Waals surface area contributed by atoms with Crippen LogP contribution in [0, 0.1) is 11.3 Å². The third-order valence-electron chi connectivity index (χ3n) is 4.98. The number of hydrogen-bond donors (Lipinski definition) is 1. The highest BCUT2D eigenvalue weighted by atomic mass is 35.5. The van der Waals surface area contributed by atoms with Crippen LogP contribution in [-0.4, -0.2) is 19.2 Å². The first-order chi connectivity index (χ1) is 14.0. The van der Waals surface area contributed by atoms with Crippen LogP contribution in [0.5, 0.6) is 0 Å². The van der Waals surface area contributed by atoms with E-state index in [4.69, 9.17) is 23.2 Å². The number of halogens is 2. The molecule has 1 amide bonds. The fourth-order valence-corrected chi connectivity index (χ4v) is 3.86. The van der Waals surface area contributed by atoms with Gasteiger partial charge in [0.15, 0.2) is 0 Å². The van der Waals surface area contributed by atoms with Crippen LogP contribution < -0.4 is 5.32 Å². The van der Waals surface area contributed by atoms with Gasteiger partial charge in [-0.1, -0.05) is 53.5 Å². The van der Waals surface area contributed by atoms with Gasteiger partial charge in [0.05, 0.1) is 27.2 Å². The number of hydrogen-bond acceptors (Lipinski definition) is 3. The summed E-state index contributed by atoms with van der Waals surface area (Å²) in [7, 11) is 1.56. The molecule has 0 unspecified atom stereocenters. The van der Waals surface area contributed by atoms with Gasteiger partial charge in [0.2, 0.25) is 0 Å². The third kappa shape index (κ3) is 4.27. The van der Waals surface area contributed by atoms with Crippen molar-refractivity contribution in [1.82, 2.24) is 5.32 Å². The number of nitrogens with zero attached hydrogens (tertiary/aromatic N) is 1. The normalized spacial score (nSPS) is 11.7. The first-order valence-electron chi connectivity index (χ1n) is 9.05. The Morgan fingerprint density at radius 3 is 2.59 bits per heavy atom. The van der Waals surface area contributed by atoms with E-state index in [0.29, 0.717) is 33.2 Å².